The van der Waals surface area contributed by atoms with E-state index < -0.39 is 0 Å². The van der Waals surface area contributed by atoms with Crippen LogP contribution in [-0.2, 0) is 0 Å². The molecule has 2 aromatic heterocycles. The summed E-state index contributed by atoms with van der Waals surface area (Å²) < 4.78 is 0. The molecule has 270 valence electrons. The number of hydrogen-bond acceptors (Lipinski definition) is 4. The molecule has 4 nitrogen and oxygen atoms in total. The number of hydrogen-bond donors (Lipinski definition) is 0. The van der Waals surface area contributed by atoms with Crippen LogP contribution in [-0.4, -0.2) is 20.7 Å². The fourth-order valence-corrected chi connectivity index (χ4v) is 8.32. The smallest absolute Gasteiger partial charge is 0.116 e. The molecule has 0 aliphatic carbocycles. The highest BCUT2D eigenvalue weighted by molar-refractivity contribution is 6.22. The van der Waals surface area contributed by atoms with Crippen LogP contribution < -0.4 is 0 Å². The third kappa shape index (κ3) is 6.12. The Bertz CT molecular complexity index is 3230. The van der Waals surface area contributed by atoms with Crippen LogP contribution in [0.25, 0.3) is 87.9 Å². The lowest BCUT2D eigenvalue weighted by molar-refractivity contribution is 1.14. The molecule has 0 saturated heterocycles. The Morgan fingerprint density at radius 3 is 1.63 bits per heavy atom. The third-order valence-electron chi connectivity index (χ3n) is 11.2. The van der Waals surface area contributed by atoms with Crippen molar-refractivity contribution in [1.29, 1.82) is 0 Å². The van der Waals surface area contributed by atoms with Crippen molar-refractivity contribution in [2.75, 3.05) is 0 Å². The summed E-state index contributed by atoms with van der Waals surface area (Å²) in [6, 6.07) is 57.3. The molecule has 0 spiro atoms. The number of aryl methyl sites for hydroxylation is 2. The summed E-state index contributed by atoms with van der Waals surface area (Å²) in [5.74, 6) is 0. The zero-order chi connectivity index (χ0) is 38.5. The highest BCUT2D eigenvalue weighted by atomic mass is 14.9. The van der Waals surface area contributed by atoms with E-state index in [4.69, 9.17) is 15.0 Å². The van der Waals surface area contributed by atoms with Gasteiger partial charge in [0.05, 0.1) is 17.1 Å². The lowest BCUT2D eigenvalue weighted by atomic mass is 9.84. The van der Waals surface area contributed by atoms with Gasteiger partial charge in [-0.3, -0.25) is 19.9 Å². The normalized spacial score (nSPS) is 11.9. The number of aliphatic imine (C=N–C) groups is 1. The van der Waals surface area contributed by atoms with E-state index in [1.54, 1.807) is 18.6 Å². The number of rotatable bonds is 6. The van der Waals surface area contributed by atoms with Gasteiger partial charge in [-0.15, -0.1) is 0 Å². The van der Waals surface area contributed by atoms with E-state index in [9.17, 15) is 0 Å². The van der Waals surface area contributed by atoms with Crippen molar-refractivity contribution in [2.24, 2.45) is 4.99 Å². The van der Waals surface area contributed by atoms with Crippen LogP contribution in [0.1, 0.15) is 23.7 Å². The predicted molar refractivity (Wildman–Crippen MR) is 239 cm³/mol. The molecule has 0 aliphatic rings. The van der Waals surface area contributed by atoms with Gasteiger partial charge in [0.1, 0.15) is 11.4 Å². The average molecular weight is 731 g/mol. The number of aromatic nitrogens is 3. The highest BCUT2D eigenvalue weighted by Crippen LogP contribution is 2.46. The van der Waals surface area contributed by atoms with Crippen molar-refractivity contribution in [3.63, 3.8) is 0 Å². The predicted octanol–water partition coefficient (Wildman–Crippen LogP) is 13.9. The van der Waals surface area contributed by atoms with Gasteiger partial charge in [0.2, 0.25) is 0 Å². The van der Waals surface area contributed by atoms with Crippen molar-refractivity contribution < 1.29 is 0 Å². The van der Waals surface area contributed by atoms with Gasteiger partial charge in [-0.25, -0.2) is 0 Å². The second-order valence-corrected chi connectivity index (χ2v) is 14.8. The molecule has 0 fully saturated rings. The summed E-state index contributed by atoms with van der Waals surface area (Å²) in [5.41, 5.74) is 13.2. The van der Waals surface area contributed by atoms with E-state index in [1.807, 2.05) is 26.0 Å². The van der Waals surface area contributed by atoms with E-state index in [0.717, 1.165) is 50.7 Å². The average Bonchev–Trinajstić information content (AvgIpc) is 3.26. The van der Waals surface area contributed by atoms with Crippen LogP contribution >= 0.6 is 0 Å². The van der Waals surface area contributed by atoms with Gasteiger partial charge in [0.15, 0.2) is 0 Å². The van der Waals surface area contributed by atoms with Crippen molar-refractivity contribution >= 4 is 54.5 Å². The van der Waals surface area contributed by atoms with Crippen LogP contribution in [0.2, 0.25) is 0 Å². The van der Waals surface area contributed by atoms with Crippen molar-refractivity contribution in [3.05, 3.63) is 193 Å². The second-order valence-electron chi connectivity index (χ2n) is 14.8. The largest absolute Gasteiger partial charge is 0.254 e. The third-order valence-corrected chi connectivity index (χ3v) is 11.2. The van der Waals surface area contributed by atoms with Gasteiger partial charge in [-0.05, 0) is 139 Å². The Hall–Kier alpha value is -7.30. The van der Waals surface area contributed by atoms with Gasteiger partial charge in [-0.2, -0.15) is 0 Å². The SMILES string of the molecule is CC(=Nc1cc(-c2ccc3c(-c4ccc5ccccc5c4)c4ccccc4c(-c4ccc5ccccc5c4)c3c2)ccc1C)c1nccnc1-c1ncccc1C. The molecule has 57 heavy (non-hydrogen) atoms. The van der Waals surface area contributed by atoms with E-state index in [-0.39, 0.29) is 0 Å². The van der Waals surface area contributed by atoms with Crippen molar-refractivity contribution in [1.82, 2.24) is 15.0 Å². The number of nitrogens with zero attached hydrogens (tertiary/aromatic N) is 4. The van der Waals surface area contributed by atoms with Crippen LogP contribution in [0.15, 0.2) is 181 Å². The Morgan fingerprint density at radius 1 is 0.404 bits per heavy atom. The molecule has 0 saturated carbocycles. The topological polar surface area (TPSA) is 51.0 Å². The summed E-state index contributed by atoms with van der Waals surface area (Å²) in [6.07, 6.45) is 5.23. The molecular weight excluding hydrogens is 693 g/mol. The summed E-state index contributed by atoms with van der Waals surface area (Å²) in [5, 5.41) is 9.82. The summed E-state index contributed by atoms with van der Waals surface area (Å²) in [6.45, 7) is 6.16. The molecular formula is C53H38N4. The Labute approximate surface area is 331 Å². The Balaban J connectivity index is 1.18. The molecule has 0 radical (unpaired) electrons. The first-order chi connectivity index (χ1) is 28.0. The lowest BCUT2D eigenvalue weighted by Gasteiger charge is -2.19. The van der Waals surface area contributed by atoms with E-state index in [2.05, 4.69) is 158 Å². The zero-order valence-electron chi connectivity index (χ0n) is 32.0. The maximum Gasteiger partial charge on any atom is 0.116 e. The molecule has 8 aromatic carbocycles. The molecule has 10 rings (SSSR count). The van der Waals surface area contributed by atoms with Gasteiger partial charge in [0.25, 0.3) is 0 Å². The number of fused-ring (bicyclic) bond motifs is 4. The molecule has 0 atom stereocenters. The molecule has 10 aromatic rings. The van der Waals surface area contributed by atoms with Crippen molar-refractivity contribution in [3.8, 4) is 44.8 Å². The van der Waals surface area contributed by atoms with E-state index >= 15 is 0 Å². The number of pyridine rings is 1. The molecule has 4 heteroatoms. The van der Waals surface area contributed by atoms with Crippen LogP contribution in [0.5, 0.6) is 0 Å². The fourth-order valence-electron chi connectivity index (χ4n) is 8.32. The first-order valence-corrected chi connectivity index (χ1v) is 19.4. The van der Waals surface area contributed by atoms with Gasteiger partial charge in [-0.1, -0.05) is 127 Å². The van der Waals surface area contributed by atoms with Gasteiger partial charge >= 0.3 is 0 Å². The van der Waals surface area contributed by atoms with E-state index in [1.165, 1.54) is 65.3 Å². The molecule has 0 unspecified atom stereocenters. The minimum absolute atomic E-state index is 0.725. The lowest BCUT2D eigenvalue weighted by Crippen LogP contribution is -2.05. The van der Waals surface area contributed by atoms with Gasteiger partial charge in [0, 0.05) is 18.6 Å². The highest BCUT2D eigenvalue weighted by Gasteiger charge is 2.19. The molecule has 0 amide bonds. The summed E-state index contributed by atoms with van der Waals surface area (Å²) in [7, 11) is 0. The number of benzene rings is 8. The zero-order valence-corrected chi connectivity index (χ0v) is 32.0. The van der Waals surface area contributed by atoms with Crippen LogP contribution in [0.3, 0.4) is 0 Å². The fraction of sp³-hybridized carbons (Fsp3) is 0.0566. The monoisotopic (exact) mass is 730 g/mol. The summed E-state index contributed by atoms with van der Waals surface area (Å²) >= 11 is 0. The standard InChI is InChI=1S/C53H38N4/c1-33-18-19-41(32-48(33)57-35(3)52-53(56-28-27-55-52)51-34(2)11-10-26-54-51)40-24-25-46-47(31-40)50(43-23-21-37-13-5-7-15-39(37)30-43)45-17-9-8-16-44(45)49(46)42-22-20-36-12-4-6-14-38(36)29-42/h4-32H,1-3H3. The first-order valence-electron chi connectivity index (χ1n) is 19.4. The van der Waals surface area contributed by atoms with Crippen LogP contribution in [0.4, 0.5) is 5.69 Å². The Morgan fingerprint density at radius 2 is 0.947 bits per heavy atom. The van der Waals surface area contributed by atoms with Gasteiger partial charge < -0.3 is 0 Å². The minimum Gasteiger partial charge on any atom is -0.254 e. The first kappa shape index (κ1) is 34.2. The quantitative estimate of drug-likeness (QED) is 0.126. The maximum atomic E-state index is 5.19. The van der Waals surface area contributed by atoms with Crippen molar-refractivity contribution in [2.45, 2.75) is 20.8 Å². The molecule has 2 heterocycles. The molecule has 0 N–H and O–H groups in total. The minimum atomic E-state index is 0.725. The van der Waals surface area contributed by atoms with Crippen LogP contribution in [0, 0.1) is 13.8 Å². The second kappa shape index (κ2) is 14.1. The maximum absolute atomic E-state index is 5.19. The molecule has 0 bridgehead atoms. The summed E-state index contributed by atoms with van der Waals surface area (Å²) in [4.78, 5) is 19.3. The van der Waals surface area contributed by atoms with E-state index in [0.29, 0.717) is 0 Å². The molecule has 0 aliphatic heterocycles. The Kier molecular flexibility index (Phi) is 8.45.